The van der Waals surface area contributed by atoms with E-state index >= 15 is 0 Å². The molecule has 0 aliphatic carbocycles. The zero-order chi connectivity index (χ0) is 20.4. The van der Waals surface area contributed by atoms with Crippen LogP contribution in [-0.4, -0.2) is 36.2 Å². The van der Waals surface area contributed by atoms with Crippen molar-refractivity contribution in [3.63, 3.8) is 0 Å². The Morgan fingerprint density at radius 1 is 0.931 bits per heavy atom. The molecule has 0 aliphatic rings. The summed E-state index contributed by atoms with van der Waals surface area (Å²) >= 11 is 0. The fourth-order valence-electron chi connectivity index (χ4n) is 3.61. The molecule has 0 N–H and O–H groups in total. The Bertz CT molecular complexity index is 1080. The summed E-state index contributed by atoms with van der Waals surface area (Å²) in [6.07, 6.45) is 9.25. The first-order valence-corrected chi connectivity index (χ1v) is 9.56. The first kappa shape index (κ1) is 18.9. The summed E-state index contributed by atoms with van der Waals surface area (Å²) in [5.74, 6) is 1.28. The van der Waals surface area contributed by atoms with Gasteiger partial charge in [0.05, 0.1) is 30.9 Å². The third kappa shape index (κ3) is 3.51. The lowest BCUT2D eigenvalue weighted by Gasteiger charge is -2.24. The van der Waals surface area contributed by atoms with Crippen molar-refractivity contribution in [1.29, 1.82) is 0 Å². The summed E-state index contributed by atoms with van der Waals surface area (Å²) in [4.78, 5) is 18.0. The Hall–Kier alpha value is -3.48. The summed E-state index contributed by atoms with van der Waals surface area (Å²) in [5, 5.41) is 0. The Morgan fingerprint density at radius 3 is 2.24 bits per heavy atom. The van der Waals surface area contributed by atoms with E-state index in [2.05, 4.69) is 50.1 Å². The molecule has 0 saturated heterocycles. The van der Waals surface area contributed by atoms with Crippen LogP contribution >= 0.6 is 0 Å². The summed E-state index contributed by atoms with van der Waals surface area (Å²) in [7, 11) is 3.58. The van der Waals surface area contributed by atoms with Crippen LogP contribution in [0.1, 0.15) is 25.7 Å². The van der Waals surface area contributed by atoms with Crippen molar-refractivity contribution in [2.24, 2.45) is 13.0 Å². The van der Waals surface area contributed by atoms with Crippen LogP contribution in [-0.2, 0) is 7.05 Å². The van der Waals surface area contributed by atoms with Crippen molar-refractivity contribution in [2.45, 2.75) is 19.9 Å². The van der Waals surface area contributed by atoms with Crippen molar-refractivity contribution in [2.75, 3.05) is 7.11 Å². The molecule has 0 fully saturated rings. The highest BCUT2D eigenvalue weighted by atomic mass is 16.5. The smallest absolute Gasteiger partial charge is 0.316 e. The molecule has 1 atom stereocenters. The number of methoxy groups -OCH3 is 1. The molecule has 3 aromatic heterocycles. The number of hydrogen-bond donors (Lipinski definition) is 0. The Kier molecular flexibility index (Phi) is 5.12. The lowest BCUT2D eigenvalue weighted by molar-refractivity contribution is 0.379. The average molecular weight is 388 g/mol. The molecule has 0 amide bonds. The van der Waals surface area contributed by atoms with Crippen molar-refractivity contribution >= 4 is 0 Å². The van der Waals surface area contributed by atoms with Crippen molar-refractivity contribution in [1.82, 2.24) is 29.1 Å². The number of benzene rings is 1. The van der Waals surface area contributed by atoms with Crippen LogP contribution in [0.15, 0.2) is 61.4 Å². The van der Waals surface area contributed by atoms with E-state index in [1.807, 2.05) is 44.0 Å². The van der Waals surface area contributed by atoms with Gasteiger partial charge >= 0.3 is 6.01 Å². The van der Waals surface area contributed by atoms with Gasteiger partial charge in [-0.05, 0) is 5.92 Å². The molecule has 4 rings (SSSR count). The number of hydrogen-bond acceptors (Lipinski definition) is 5. The van der Waals surface area contributed by atoms with Crippen LogP contribution in [0.4, 0.5) is 0 Å². The van der Waals surface area contributed by atoms with Crippen molar-refractivity contribution in [3.8, 4) is 28.5 Å². The highest BCUT2D eigenvalue weighted by Crippen LogP contribution is 2.36. The molecule has 0 saturated carbocycles. The largest absolute Gasteiger partial charge is 0.467 e. The fraction of sp³-hybridized carbons (Fsp3) is 0.273. The Morgan fingerprint density at radius 2 is 1.66 bits per heavy atom. The van der Waals surface area contributed by atoms with Gasteiger partial charge in [-0.3, -0.25) is 0 Å². The maximum atomic E-state index is 5.13. The van der Waals surface area contributed by atoms with Crippen LogP contribution in [0.2, 0.25) is 0 Å². The summed E-state index contributed by atoms with van der Waals surface area (Å²) in [6, 6.07) is 10.5. The first-order valence-electron chi connectivity index (χ1n) is 9.56. The third-order valence-electron chi connectivity index (χ3n) is 4.98. The second-order valence-corrected chi connectivity index (χ2v) is 7.26. The van der Waals surface area contributed by atoms with Crippen LogP contribution in [0.5, 0.6) is 6.01 Å². The first-order chi connectivity index (χ1) is 14.1. The molecule has 148 valence electrons. The van der Waals surface area contributed by atoms with Gasteiger partial charge < -0.3 is 13.9 Å². The molecule has 0 aliphatic heterocycles. The fourth-order valence-corrected chi connectivity index (χ4v) is 3.61. The lowest BCUT2D eigenvalue weighted by atomic mass is 10.0. The number of rotatable bonds is 6. The molecular formula is C22H24N6O. The minimum absolute atomic E-state index is 0.0112. The molecule has 0 unspecified atom stereocenters. The van der Waals surface area contributed by atoms with Crippen LogP contribution < -0.4 is 4.74 Å². The molecule has 4 aromatic rings. The Balaban J connectivity index is 1.94. The molecule has 1 aromatic carbocycles. The predicted octanol–water partition coefficient (Wildman–Crippen LogP) is 3.99. The normalized spacial score (nSPS) is 12.3. The summed E-state index contributed by atoms with van der Waals surface area (Å²) in [6.45, 7) is 4.38. The van der Waals surface area contributed by atoms with E-state index in [-0.39, 0.29) is 6.04 Å². The zero-order valence-corrected chi connectivity index (χ0v) is 17.0. The number of nitrogens with zero attached hydrogens (tertiary/aromatic N) is 6. The van der Waals surface area contributed by atoms with Gasteiger partial charge in [0.1, 0.15) is 5.82 Å². The molecule has 0 radical (unpaired) electrons. The molecule has 29 heavy (non-hydrogen) atoms. The third-order valence-corrected chi connectivity index (χ3v) is 4.98. The van der Waals surface area contributed by atoms with Crippen LogP contribution in [0.25, 0.3) is 22.5 Å². The van der Waals surface area contributed by atoms with Gasteiger partial charge in [0.15, 0.2) is 0 Å². The standard InChI is InChI=1S/C22H24N6O/c1-15(2)19(21-23-10-11-27(21)3)28-14-26-18(16-8-6-5-7-9-16)20(28)17-12-24-22(29-4)25-13-17/h5-15,19H,1-4H3/t19-/m0/s1. The molecule has 0 bridgehead atoms. The molecule has 7 heteroatoms. The summed E-state index contributed by atoms with van der Waals surface area (Å²) < 4.78 is 9.37. The lowest BCUT2D eigenvalue weighted by Crippen LogP contribution is -2.20. The number of ether oxygens (including phenoxy) is 1. The topological polar surface area (TPSA) is 70.7 Å². The SMILES string of the molecule is COc1ncc(-c2c(-c3ccccc3)ncn2[C@H](c2nccn2C)C(C)C)cn1. The minimum atomic E-state index is 0.0112. The van der Waals surface area contributed by atoms with E-state index in [0.717, 1.165) is 28.3 Å². The minimum Gasteiger partial charge on any atom is -0.467 e. The van der Waals surface area contributed by atoms with E-state index in [0.29, 0.717) is 11.9 Å². The van der Waals surface area contributed by atoms with E-state index < -0.39 is 0 Å². The van der Waals surface area contributed by atoms with Gasteiger partial charge in [-0.15, -0.1) is 0 Å². The van der Waals surface area contributed by atoms with Crippen molar-refractivity contribution in [3.05, 3.63) is 67.3 Å². The monoisotopic (exact) mass is 388 g/mol. The van der Waals surface area contributed by atoms with Gasteiger partial charge in [-0.25, -0.2) is 19.9 Å². The number of aryl methyl sites for hydroxylation is 1. The van der Waals surface area contributed by atoms with Gasteiger partial charge in [0, 0.05) is 43.0 Å². The number of aromatic nitrogens is 6. The van der Waals surface area contributed by atoms with E-state index in [1.54, 1.807) is 19.5 Å². The van der Waals surface area contributed by atoms with Gasteiger partial charge in [0.25, 0.3) is 0 Å². The Labute approximate surface area is 170 Å². The van der Waals surface area contributed by atoms with Crippen LogP contribution in [0, 0.1) is 5.92 Å². The van der Waals surface area contributed by atoms with Crippen molar-refractivity contribution < 1.29 is 4.74 Å². The predicted molar refractivity (Wildman–Crippen MR) is 111 cm³/mol. The number of imidazole rings is 2. The summed E-state index contributed by atoms with van der Waals surface area (Å²) in [5.41, 5.74) is 3.77. The van der Waals surface area contributed by atoms with E-state index in [9.17, 15) is 0 Å². The maximum Gasteiger partial charge on any atom is 0.316 e. The quantitative estimate of drug-likeness (QED) is 0.499. The maximum absolute atomic E-state index is 5.13. The van der Waals surface area contributed by atoms with E-state index in [4.69, 9.17) is 9.72 Å². The zero-order valence-electron chi connectivity index (χ0n) is 17.0. The molecule has 7 nitrogen and oxygen atoms in total. The van der Waals surface area contributed by atoms with Gasteiger partial charge in [-0.2, -0.15) is 0 Å². The van der Waals surface area contributed by atoms with Crippen LogP contribution in [0.3, 0.4) is 0 Å². The highest BCUT2D eigenvalue weighted by molar-refractivity contribution is 5.78. The molecule has 3 heterocycles. The second-order valence-electron chi connectivity index (χ2n) is 7.26. The van der Waals surface area contributed by atoms with Gasteiger partial charge in [0.2, 0.25) is 0 Å². The average Bonchev–Trinajstić information content (AvgIpc) is 3.36. The molecule has 0 spiro atoms. The van der Waals surface area contributed by atoms with Gasteiger partial charge in [-0.1, -0.05) is 44.2 Å². The second kappa shape index (κ2) is 7.87. The van der Waals surface area contributed by atoms with E-state index in [1.165, 1.54) is 0 Å². The molecular weight excluding hydrogens is 364 g/mol. The highest BCUT2D eigenvalue weighted by Gasteiger charge is 2.27.